The van der Waals surface area contributed by atoms with Crippen LogP contribution < -0.4 is 10.1 Å². The Bertz CT molecular complexity index is 333. The molecule has 3 nitrogen and oxygen atoms in total. The zero-order chi connectivity index (χ0) is 9.68. The minimum absolute atomic E-state index is 0.271. The molecule has 0 aromatic heterocycles. The lowest BCUT2D eigenvalue weighted by Crippen LogP contribution is -2.00. The molecule has 0 bridgehead atoms. The van der Waals surface area contributed by atoms with Crippen molar-refractivity contribution in [2.24, 2.45) is 0 Å². The van der Waals surface area contributed by atoms with Crippen LogP contribution in [-0.4, -0.2) is 13.7 Å². The van der Waals surface area contributed by atoms with Crippen molar-refractivity contribution in [3.05, 3.63) is 22.7 Å². The van der Waals surface area contributed by atoms with Crippen molar-refractivity contribution in [1.82, 2.24) is 0 Å². The number of anilines is 1. The minimum atomic E-state index is 0.271. The fourth-order valence-electron chi connectivity index (χ4n) is 0.953. The van der Waals surface area contributed by atoms with E-state index in [1.165, 1.54) is 0 Å². The number of nitrogens with one attached hydrogen (secondary N) is 1. The molecule has 0 unspecified atom stereocenters. The monoisotopic (exact) mass is 240 g/mol. The van der Waals surface area contributed by atoms with Crippen molar-refractivity contribution < 1.29 is 4.74 Å². The zero-order valence-corrected chi connectivity index (χ0v) is 8.76. The highest BCUT2D eigenvalue weighted by molar-refractivity contribution is 9.10. The molecule has 0 heterocycles. The number of rotatable bonds is 3. The Kier molecular flexibility index (Phi) is 3.59. The second-order valence-corrected chi connectivity index (χ2v) is 3.27. The molecule has 0 amide bonds. The molecule has 1 rings (SSSR count). The van der Waals surface area contributed by atoms with E-state index in [2.05, 4.69) is 21.2 Å². The van der Waals surface area contributed by atoms with E-state index in [1.54, 1.807) is 7.11 Å². The number of hydrogen-bond donors (Lipinski definition) is 1. The van der Waals surface area contributed by atoms with Gasteiger partial charge in [-0.3, -0.25) is 0 Å². The summed E-state index contributed by atoms with van der Waals surface area (Å²) in [6.45, 7) is 0.271. The normalized spacial score (nSPS) is 9.00. The first-order valence-corrected chi connectivity index (χ1v) is 4.51. The van der Waals surface area contributed by atoms with E-state index in [4.69, 9.17) is 10.00 Å². The smallest absolute Gasteiger partial charge is 0.142 e. The van der Waals surface area contributed by atoms with Gasteiger partial charge in [-0.25, -0.2) is 0 Å². The van der Waals surface area contributed by atoms with Gasteiger partial charge >= 0.3 is 0 Å². The maximum absolute atomic E-state index is 8.40. The van der Waals surface area contributed by atoms with E-state index in [0.717, 1.165) is 15.9 Å². The van der Waals surface area contributed by atoms with Crippen LogP contribution in [-0.2, 0) is 0 Å². The largest absolute Gasteiger partial charge is 0.495 e. The maximum Gasteiger partial charge on any atom is 0.142 e. The van der Waals surface area contributed by atoms with Gasteiger partial charge in [-0.1, -0.05) is 15.9 Å². The quantitative estimate of drug-likeness (QED) is 0.826. The van der Waals surface area contributed by atoms with Crippen LogP contribution in [0.5, 0.6) is 5.75 Å². The van der Waals surface area contributed by atoms with Gasteiger partial charge in [0.25, 0.3) is 0 Å². The lowest BCUT2D eigenvalue weighted by Gasteiger charge is -2.08. The zero-order valence-electron chi connectivity index (χ0n) is 7.17. The molecule has 0 saturated heterocycles. The molecule has 1 N–H and O–H groups in total. The van der Waals surface area contributed by atoms with Crippen molar-refractivity contribution >= 4 is 21.6 Å². The van der Waals surface area contributed by atoms with Gasteiger partial charge < -0.3 is 10.1 Å². The third-order valence-electron chi connectivity index (χ3n) is 1.52. The first-order chi connectivity index (χ1) is 6.27. The molecule has 0 aliphatic heterocycles. The summed E-state index contributed by atoms with van der Waals surface area (Å²) in [5.74, 6) is 0.735. The second kappa shape index (κ2) is 4.73. The number of hydrogen-bond acceptors (Lipinski definition) is 3. The van der Waals surface area contributed by atoms with Crippen molar-refractivity contribution in [2.45, 2.75) is 0 Å². The Balaban J connectivity index is 2.89. The van der Waals surface area contributed by atoms with E-state index in [-0.39, 0.29) is 6.54 Å². The predicted octanol–water partition coefficient (Wildman–Crippen LogP) is 2.39. The Labute approximate surface area is 85.4 Å². The fraction of sp³-hybridized carbons (Fsp3) is 0.222. The van der Waals surface area contributed by atoms with Crippen LogP contribution in [0.4, 0.5) is 5.69 Å². The third kappa shape index (κ3) is 2.63. The first kappa shape index (κ1) is 9.87. The standard InChI is InChI=1S/C9H9BrN2O/c1-13-9-3-2-7(10)6-8(9)12-5-4-11/h2-3,6,12H,5H2,1H3. The first-order valence-electron chi connectivity index (χ1n) is 3.72. The molecular weight excluding hydrogens is 232 g/mol. The average Bonchev–Trinajstić information content (AvgIpc) is 2.15. The molecule has 0 spiro atoms. The minimum Gasteiger partial charge on any atom is -0.495 e. The third-order valence-corrected chi connectivity index (χ3v) is 2.01. The summed E-state index contributed by atoms with van der Waals surface area (Å²) in [4.78, 5) is 0. The SMILES string of the molecule is COc1ccc(Br)cc1NCC#N. The Morgan fingerprint density at radius 2 is 2.38 bits per heavy atom. The Morgan fingerprint density at radius 3 is 3.00 bits per heavy atom. The van der Waals surface area contributed by atoms with Crippen molar-refractivity contribution in [1.29, 1.82) is 5.26 Å². The van der Waals surface area contributed by atoms with Crippen LogP contribution in [0, 0.1) is 11.3 Å². The predicted molar refractivity (Wildman–Crippen MR) is 54.8 cm³/mol. The number of benzene rings is 1. The van der Waals surface area contributed by atoms with E-state index in [0.29, 0.717) is 0 Å². The molecule has 0 aliphatic rings. The van der Waals surface area contributed by atoms with Gasteiger partial charge in [0, 0.05) is 4.47 Å². The molecule has 1 aromatic carbocycles. The van der Waals surface area contributed by atoms with E-state index in [1.807, 2.05) is 24.3 Å². The van der Waals surface area contributed by atoms with Crippen LogP contribution in [0.15, 0.2) is 22.7 Å². The van der Waals surface area contributed by atoms with Gasteiger partial charge in [0.2, 0.25) is 0 Å². The number of halogens is 1. The molecule has 0 radical (unpaired) electrons. The highest BCUT2D eigenvalue weighted by Crippen LogP contribution is 2.27. The molecule has 68 valence electrons. The van der Waals surface area contributed by atoms with Crippen LogP contribution in [0.25, 0.3) is 0 Å². The van der Waals surface area contributed by atoms with Crippen LogP contribution in [0.2, 0.25) is 0 Å². The second-order valence-electron chi connectivity index (χ2n) is 2.36. The maximum atomic E-state index is 8.40. The molecule has 0 saturated carbocycles. The fourth-order valence-corrected chi connectivity index (χ4v) is 1.31. The summed E-state index contributed by atoms with van der Waals surface area (Å²) in [6, 6.07) is 7.60. The molecular formula is C9H9BrN2O. The van der Waals surface area contributed by atoms with Gasteiger partial charge in [0.15, 0.2) is 0 Å². The molecule has 13 heavy (non-hydrogen) atoms. The van der Waals surface area contributed by atoms with Crippen LogP contribution >= 0.6 is 15.9 Å². The number of nitrogens with zero attached hydrogens (tertiary/aromatic N) is 1. The number of methoxy groups -OCH3 is 1. The summed E-state index contributed by atoms with van der Waals surface area (Å²) < 4.78 is 6.06. The van der Waals surface area contributed by atoms with Crippen LogP contribution in [0.3, 0.4) is 0 Å². The van der Waals surface area contributed by atoms with Crippen molar-refractivity contribution in [3.8, 4) is 11.8 Å². The van der Waals surface area contributed by atoms with Gasteiger partial charge in [-0.15, -0.1) is 0 Å². The molecule has 1 aromatic rings. The van der Waals surface area contributed by atoms with Gasteiger partial charge in [0.05, 0.1) is 18.9 Å². The summed E-state index contributed by atoms with van der Waals surface area (Å²) in [5, 5.41) is 11.3. The van der Waals surface area contributed by atoms with Gasteiger partial charge in [-0.2, -0.15) is 5.26 Å². The van der Waals surface area contributed by atoms with E-state index in [9.17, 15) is 0 Å². The van der Waals surface area contributed by atoms with Crippen molar-refractivity contribution in [2.75, 3.05) is 19.0 Å². The lowest BCUT2D eigenvalue weighted by molar-refractivity contribution is 0.416. The summed E-state index contributed by atoms with van der Waals surface area (Å²) in [6.07, 6.45) is 0. The molecule has 0 fully saturated rings. The topological polar surface area (TPSA) is 45.0 Å². The van der Waals surface area contributed by atoms with Crippen LogP contribution in [0.1, 0.15) is 0 Å². The summed E-state index contributed by atoms with van der Waals surface area (Å²) in [5.41, 5.74) is 0.818. The highest BCUT2D eigenvalue weighted by Gasteiger charge is 2.01. The number of nitriles is 1. The van der Waals surface area contributed by atoms with E-state index >= 15 is 0 Å². The molecule has 0 aliphatic carbocycles. The van der Waals surface area contributed by atoms with E-state index < -0.39 is 0 Å². The van der Waals surface area contributed by atoms with Gasteiger partial charge in [-0.05, 0) is 18.2 Å². The molecule has 0 atom stereocenters. The Morgan fingerprint density at radius 1 is 1.62 bits per heavy atom. The van der Waals surface area contributed by atoms with Gasteiger partial charge in [0.1, 0.15) is 12.3 Å². The number of ether oxygens (including phenoxy) is 1. The molecule has 4 heteroatoms. The van der Waals surface area contributed by atoms with Crippen molar-refractivity contribution in [3.63, 3.8) is 0 Å². The highest BCUT2D eigenvalue weighted by atomic mass is 79.9. The summed E-state index contributed by atoms with van der Waals surface area (Å²) in [7, 11) is 1.60. The summed E-state index contributed by atoms with van der Waals surface area (Å²) >= 11 is 3.34. The lowest BCUT2D eigenvalue weighted by atomic mass is 10.3. The Hall–Kier alpha value is -1.21. The average molecular weight is 241 g/mol.